The second-order valence-corrected chi connectivity index (χ2v) is 9.09. The Kier molecular flexibility index (Phi) is 7.12. The number of nitrogens with one attached hydrogen (secondary N) is 1. The largest absolute Gasteiger partial charge is 0.494 e. The van der Waals surface area contributed by atoms with Gasteiger partial charge in [-0.25, -0.2) is 8.42 Å². The van der Waals surface area contributed by atoms with Crippen molar-refractivity contribution in [3.8, 4) is 5.75 Å². The van der Waals surface area contributed by atoms with Gasteiger partial charge in [-0.2, -0.15) is 0 Å². The van der Waals surface area contributed by atoms with Gasteiger partial charge in [-0.05, 0) is 61.5 Å². The van der Waals surface area contributed by atoms with Gasteiger partial charge in [0.05, 0.1) is 17.2 Å². The van der Waals surface area contributed by atoms with Gasteiger partial charge in [0.15, 0.2) is 0 Å². The molecular weight excluding hydrogens is 468 g/mol. The third-order valence-electron chi connectivity index (χ3n) is 4.16. The molecule has 0 aromatic heterocycles. The fourth-order valence-corrected chi connectivity index (χ4v) is 4.63. The third-order valence-corrected chi connectivity index (χ3v) is 6.44. The van der Waals surface area contributed by atoms with Crippen molar-refractivity contribution in [2.75, 3.05) is 22.8 Å². The predicted octanol–water partition coefficient (Wildman–Crippen LogP) is 4.68. The SMILES string of the molecule is CCOc1ccc(S(=O)(=O)N(CC(=O)Nc2cccc(Br)c2)c2ccccc2)cc1. The fraction of sp³-hybridized carbons (Fsp3) is 0.136. The van der Waals surface area contributed by atoms with Crippen LogP contribution in [0.3, 0.4) is 0 Å². The Labute approximate surface area is 184 Å². The lowest BCUT2D eigenvalue weighted by Crippen LogP contribution is -2.38. The number of amides is 1. The maximum atomic E-state index is 13.3. The van der Waals surface area contributed by atoms with Gasteiger partial charge in [-0.15, -0.1) is 0 Å². The highest BCUT2D eigenvalue weighted by atomic mass is 79.9. The van der Waals surface area contributed by atoms with Crippen molar-refractivity contribution in [3.05, 3.63) is 83.3 Å². The van der Waals surface area contributed by atoms with Gasteiger partial charge in [0, 0.05) is 10.2 Å². The van der Waals surface area contributed by atoms with Crippen molar-refractivity contribution < 1.29 is 17.9 Å². The molecule has 3 aromatic carbocycles. The van der Waals surface area contributed by atoms with E-state index in [1.807, 2.05) is 13.0 Å². The maximum absolute atomic E-state index is 13.3. The molecule has 0 aliphatic rings. The van der Waals surface area contributed by atoms with Crippen LogP contribution in [0.4, 0.5) is 11.4 Å². The number of para-hydroxylation sites is 1. The molecule has 0 spiro atoms. The molecule has 0 aliphatic carbocycles. The first-order chi connectivity index (χ1) is 14.4. The zero-order valence-electron chi connectivity index (χ0n) is 16.3. The Morgan fingerprint density at radius 2 is 1.70 bits per heavy atom. The van der Waals surface area contributed by atoms with Crippen LogP contribution in [0.2, 0.25) is 0 Å². The molecule has 0 saturated heterocycles. The van der Waals surface area contributed by atoms with Gasteiger partial charge in [0.25, 0.3) is 10.0 Å². The smallest absolute Gasteiger partial charge is 0.264 e. The summed E-state index contributed by atoms with van der Waals surface area (Å²) < 4.78 is 34.0. The van der Waals surface area contributed by atoms with Crippen molar-refractivity contribution in [2.24, 2.45) is 0 Å². The zero-order chi connectivity index (χ0) is 21.6. The van der Waals surface area contributed by atoms with Crippen LogP contribution < -0.4 is 14.4 Å². The van der Waals surface area contributed by atoms with E-state index >= 15 is 0 Å². The minimum Gasteiger partial charge on any atom is -0.494 e. The Morgan fingerprint density at radius 3 is 2.33 bits per heavy atom. The van der Waals surface area contributed by atoms with Gasteiger partial charge < -0.3 is 10.1 Å². The van der Waals surface area contributed by atoms with Crippen LogP contribution >= 0.6 is 15.9 Å². The van der Waals surface area contributed by atoms with Crippen LogP contribution in [0, 0.1) is 0 Å². The lowest BCUT2D eigenvalue weighted by atomic mass is 10.3. The summed E-state index contributed by atoms with van der Waals surface area (Å²) in [6, 6.07) is 21.8. The number of anilines is 2. The Morgan fingerprint density at radius 1 is 1.00 bits per heavy atom. The summed E-state index contributed by atoms with van der Waals surface area (Å²) in [4.78, 5) is 12.7. The average Bonchev–Trinajstić information content (AvgIpc) is 2.73. The first kappa shape index (κ1) is 21.9. The topological polar surface area (TPSA) is 75.7 Å². The number of benzene rings is 3. The molecule has 1 N–H and O–H groups in total. The summed E-state index contributed by atoms with van der Waals surface area (Å²) in [5.74, 6) is 0.126. The minimum atomic E-state index is -3.97. The van der Waals surface area contributed by atoms with Crippen LogP contribution in [0.1, 0.15) is 6.92 Å². The van der Waals surface area contributed by atoms with E-state index in [0.29, 0.717) is 23.7 Å². The molecule has 30 heavy (non-hydrogen) atoms. The van der Waals surface area contributed by atoms with Gasteiger partial charge in [0.1, 0.15) is 12.3 Å². The van der Waals surface area contributed by atoms with E-state index < -0.39 is 15.9 Å². The van der Waals surface area contributed by atoms with Crippen molar-refractivity contribution in [1.29, 1.82) is 0 Å². The molecule has 0 bridgehead atoms. The highest BCUT2D eigenvalue weighted by molar-refractivity contribution is 9.10. The van der Waals surface area contributed by atoms with E-state index in [1.54, 1.807) is 60.7 Å². The second kappa shape index (κ2) is 9.77. The van der Waals surface area contributed by atoms with E-state index in [0.717, 1.165) is 8.78 Å². The standard InChI is InChI=1S/C22H21BrN2O4S/c1-2-29-20-11-13-21(14-12-20)30(27,28)25(19-9-4-3-5-10-19)16-22(26)24-18-8-6-7-17(23)15-18/h3-15H,2,16H2,1H3,(H,24,26). The van der Waals surface area contributed by atoms with Crippen LogP contribution in [0.25, 0.3) is 0 Å². The number of carbonyl (C=O) groups excluding carboxylic acids is 1. The van der Waals surface area contributed by atoms with Gasteiger partial charge >= 0.3 is 0 Å². The first-order valence-electron chi connectivity index (χ1n) is 9.26. The number of ether oxygens (including phenoxy) is 1. The summed E-state index contributed by atoms with van der Waals surface area (Å²) in [6.07, 6.45) is 0. The highest BCUT2D eigenvalue weighted by Crippen LogP contribution is 2.25. The van der Waals surface area contributed by atoms with E-state index in [9.17, 15) is 13.2 Å². The molecule has 6 nitrogen and oxygen atoms in total. The number of sulfonamides is 1. The van der Waals surface area contributed by atoms with Crippen molar-refractivity contribution >= 4 is 43.2 Å². The summed E-state index contributed by atoms with van der Waals surface area (Å²) in [5.41, 5.74) is 0.969. The van der Waals surface area contributed by atoms with E-state index in [1.165, 1.54) is 12.1 Å². The predicted molar refractivity (Wildman–Crippen MR) is 121 cm³/mol. The third kappa shape index (κ3) is 5.40. The molecule has 0 radical (unpaired) electrons. The van der Waals surface area contributed by atoms with Crippen molar-refractivity contribution in [3.63, 3.8) is 0 Å². The molecule has 0 atom stereocenters. The number of halogens is 1. The second-order valence-electron chi connectivity index (χ2n) is 6.31. The van der Waals surface area contributed by atoms with Crippen LogP contribution in [-0.4, -0.2) is 27.5 Å². The molecule has 0 heterocycles. The molecule has 0 unspecified atom stereocenters. The van der Waals surface area contributed by atoms with Gasteiger partial charge in [-0.1, -0.05) is 40.2 Å². The van der Waals surface area contributed by atoms with E-state index in [2.05, 4.69) is 21.2 Å². The molecule has 3 rings (SSSR count). The number of rotatable bonds is 8. The molecular formula is C22H21BrN2O4S. The number of carbonyl (C=O) groups is 1. The molecule has 1 amide bonds. The average molecular weight is 489 g/mol. The molecule has 0 saturated carbocycles. The fourth-order valence-electron chi connectivity index (χ4n) is 2.81. The van der Waals surface area contributed by atoms with E-state index in [4.69, 9.17) is 4.74 Å². The lowest BCUT2D eigenvalue weighted by molar-refractivity contribution is -0.114. The first-order valence-corrected chi connectivity index (χ1v) is 11.5. The normalized spacial score (nSPS) is 11.0. The molecule has 156 valence electrons. The van der Waals surface area contributed by atoms with Crippen molar-refractivity contribution in [2.45, 2.75) is 11.8 Å². The number of nitrogens with zero attached hydrogens (tertiary/aromatic N) is 1. The van der Waals surface area contributed by atoms with E-state index in [-0.39, 0.29) is 11.4 Å². The zero-order valence-corrected chi connectivity index (χ0v) is 18.7. The Hall–Kier alpha value is -2.84. The quantitative estimate of drug-likeness (QED) is 0.499. The van der Waals surface area contributed by atoms with Gasteiger partial charge in [-0.3, -0.25) is 9.10 Å². The summed E-state index contributed by atoms with van der Waals surface area (Å²) in [5, 5.41) is 2.74. The van der Waals surface area contributed by atoms with Gasteiger partial charge in [0.2, 0.25) is 5.91 Å². The summed E-state index contributed by atoms with van der Waals surface area (Å²) in [7, 11) is -3.97. The number of hydrogen-bond acceptors (Lipinski definition) is 4. The van der Waals surface area contributed by atoms with Crippen molar-refractivity contribution in [1.82, 2.24) is 0 Å². The summed E-state index contributed by atoms with van der Waals surface area (Å²) >= 11 is 3.35. The van der Waals surface area contributed by atoms with Crippen LogP contribution in [0.15, 0.2) is 88.2 Å². The molecule has 8 heteroatoms. The molecule has 3 aromatic rings. The van der Waals surface area contributed by atoms with Crippen LogP contribution in [-0.2, 0) is 14.8 Å². The monoisotopic (exact) mass is 488 g/mol. The Bertz CT molecular complexity index is 1100. The van der Waals surface area contributed by atoms with Crippen LogP contribution in [0.5, 0.6) is 5.75 Å². The maximum Gasteiger partial charge on any atom is 0.264 e. The summed E-state index contributed by atoms with van der Waals surface area (Å²) in [6.45, 7) is 1.97. The highest BCUT2D eigenvalue weighted by Gasteiger charge is 2.27. The molecule has 0 fully saturated rings. The Balaban J connectivity index is 1.89. The lowest BCUT2D eigenvalue weighted by Gasteiger charge is -2.24. The molecule has 0 aliphatic heterocycles. The number of hydrogen-bond donors (Lipinski definition) is 1. The minimum absolute atomic E-state index is 0.0741.